The molecule has 0 unspecified atom stereocenters. The van der Waals surface area contributed by atoms with Gasteiger partial charge in [0.1, 0.15) is 4.84 Å². The number of alkyl halides is 2. The Kier molecular flexibility index (Phi) is 3.01. The molecule has 8 heavy (non-hydrogen) atoms. The summed E-state index contributed by atoms with van der Waals surface area (Å²) in [6, 6.07) is 0. The second kappa shape index (κ2) is 2.85. The Morgan fingerprint density at radius 3 is 1.62 bits per heavy atom. The van der Waals surface area contributed by atoms with E-state index < -0.39 is 17.2 Å². The van der Waals surface area contributed by atoms with Gasteiger partial charge in [0.2, 0.25) is 0 Å². The van der Waals surface area contributed by atoms with E-state index in [-0.39, 0.29) is 0 Å². The van der Waals surface area contributed by atoms with Crippen LogP contribution in [0.1, 0.15) is 6.42 Å². The molecule has 0 rings (SSSR count). The van der Waals surface area contributed by atoms with Gasteiger partial charge in [-0.05, 0) is 0 Å². The van der Waals surface area contributed by atoms with Crippen LogP contribution in [0.5, 0.6) is 0 Å². The van der Waals surface area contributed by atoms with Gasteiger partial charge in [-0.2, -0.15) is 0 Å². The molecule has 0 aliphatic rings. The Morgan fingerprint density at radius 2 is 1.62 bits per heavy atom. The molecule has 3 nitrogen and oxygen atoms in total. The van der Waals surface area contributed by atoms with Crippen LogP contribution in [0.4, 0.5) is 0 Å². The summed E-state index contributed by atoms with van der Waals surface area (Å²) in [6.45, 7) is 0. The van der Waals surface area contributed by atoms with Gasteiger partial charge in [0.05, 0.1) is 6.42 Å². The van der Waals surface area contributed by atoms with Crippen molar-refractivity contribution < 1.29 is 15.3 Å². The van der Waals surface area contributed by atoms with E-state index in [1.54, 1.807) is 0 Å². The maximum absolute atomic E-state index is 8.13. The molecule has 0 spiro atoms. The Morgan fingerprint density at radius 1 is 1.25 bits per heavy atom. The third-order valence-corrected chi connectivity index (χ3v) is 0.737. The van der Waals surface area contributed by atoms with Crippen LogP contribution in [-0.4, -0.2) is 26.1 Å². The van der Waals surface area contributed by atoms with Crippen LogP contribution in [0.15, 0.2) is 0 Å². The van der Waals surface area contributed by atoms with Crippen molar-refractivity contribution in [3.05, 3.63) is 0 Å². The lowest BCUT2D eigenvalue weighted by Crippen LogP contribution is -2.29. The van der Waals surface area contributed by atoms with E-state index in [4.69, 9.17) is 38.5 Å². The van der Waals surface area contributed by atoms with Crippen LogP contribution in [0.3, 0.4) is 0 Å². The van der Waals surface area contributed by atoms with Crippen LogP contribution >= 0.6 is 23.2 Å². The van der Waals surface area contributed by atoms with Crippen molar-refractivity contribution in [2.75, 3.05) is 0 Å². The van der Waals surface area contributed by atoms with E-state index in [0.29, 0.717) is 0 Å². The molecule has 0 bridgehead atoms. The number of hydrogen-bond acceptors (Lipinski definition) is 3. The fourth-order valence-electron chi connectivity index (χ4n) is 0.207. The highest BCUT2D eigenvalue weighted by molar-refractivity contribution is 6.44. The smallest absolute Gasteiger partial charge is 0.277 e. The van der Waals surface area contributed by atoms with Crippen LogP contribution in [0.2, 0.25) is 0 Å². The summed E-state index contributed by atoms with van der Waals surface area (Å²) < 4.78 is 0. The maximum Gasteiger partial charge on any atom is 0.277 e. The third kappa shape index (κ3) is 6.46. The van der Waals surface area contributed by atoms with E-state index in [1.165, 1.54) is 0 Å². The molecule has 0 aromatic rings. The molecule has 0 saturated carbocycles. The summed E-state index contributed by atoms with van der Waals surface area (Å²) in [4.78, 5) is -0.963. The first-order chi connectivity index (χ1) is 3.42. The van der Waals surface area contributed by atoms with Crippen LogP contribution in [0, 0.1) is 0 Å². The molecule has 0 aromatic heterocycles. The van der Waals surface area contributed by atoms with Gasteiger partial charge in [-0.3, -0.25) is 0 Å². The predicted octanol–water partition coefficient (Wildman–Crippen LogP) is -0.189. The second-order valence-electron chi connectivity index (χ2n) is 1.37. The fraction of sp³-hybridized carbons (Fsp3) is 1.00. The van der Waals surface area contributed by atoms with Crippen LogP contribution in [0.25, 0.3) is 0 Å². The van der Waals surface area contributed by atoms with Gasteiger partial charge >= 0.3 is 0 Å². The van der Waals surface area contributed by atoms with Gasteiger partial charge in [0, 0.05) is 0 Å². The van der Waals surface area contributed by atoms with Crippen molar-refractivity contribution in [1.29, 1.82) is 0 Å². The van der Waals surface area contributed by atoms with E-state index in [9.17, 15) is 0 Å². The molecule has 3 N–H and O–H groups in total. The normalized spacial score (nSPS) is 12.8. The van der Waals surface area contributed by atoms with Crippen LogP contribution in [-0.2, 0) is 0 Å². The first-order valence-electron chi connectivity index (χ1n) is 1.87. The van der Waals surface area contributed by atoms with Crippen molar-refractivity contribution in [2.24, 2.45) is 0 Å². The molecule has 0 radical (unpaired) electrons. The predicted molar refractivity (Wildman–Crippen MR) is 29.5 cm³/mol. The monoisotopic (exact) mass is 160 g/mol. The summed E-state index contributed by atoms with van der Waals surface area (Å²) in [5.41, 5.74) is 0. The van der Waals surface area contributed by atoms with Gasteiger partial charge in [0.15, 0.2) is 0 Å². The quantitative estimate of drug-likeness (QED) is 0.388. The number of rotatable bonds is 2. The summed E-state index contributed by atoms with van der Waals surface area (Å²) in [5.74, 6) is -2.74. The van der Waals surface area contributed by atoms with E-state index in [1.807, 2.05) is 0 Å². The highest BCUT2D eigenvalue weighted by Crippen LogP contribution is 2.13. The standard InChI is InChI=1S/C3H6Cl2O3/c4-2(5)1-3(6,7)8/h2,6-8H,1H2. The number of halogens is 2. The third-order valence-electron chi connectivity index (χ3n) is 0.428. The van der Waals surface area contributed by atoms with Gasteiger partial charge in [-0.25, -0.2) is 0 Å². The van der Waals surface area contributed by atoms with Crippen molar-refractivity contribution in [3.8, 4) is 0 Å². The van der Waals surface area contributed by atoms with Crippen molar-refractivity contribution in [1.82, 2.24) is 0 Å². The van der Waals surface area contributed by atoms with Crippen molar-refractivity contribution in [2.45, 2.75) is 17.2 Å². The molecular formula is C3H6Cl2O3. The summed E-state index contributed by atoms with van der Waals surface area (Å²) >= 11 is 10.1. The Hall–Kier alpha value is 0.460. The highest BCUT2D eigenvalue weighted by atomic mass is 35.5. The lowest BCUT2D eigenvalue weighted by Gasteiger charge is -2.12. The second-order valence-corrected chi connectivity index (χ2v) is 2.65. The summed E-state index contributed by atoms with van der Waals surface area (Å²) in [7, 11) is 0. The molecule has 0 atom stereocenters. The molecule has 0 amide bonds. The molecule has 0 aliphatic heterocycles. The Bertz CT molecular complexity index is 67.4. The average molecular weight is 161 g/mol. The van der Waals surface area contributed by atoms with Gasteiger partial charge in [-0.15, -0.1) is 23.2 Å². The minimum Gasteiger partial charge on any atom is -0.344 e. The Balaban J connectivity index is 3.39. The van der Waals surface area contributed by atoms with E-state index in [2.05, 4.69) is 0 Å². The number of hydrogen-bond donors (Lipinski definition) is 3. The summed E-state index contributed by atoms with van der Waals surface area (Å²) in [5, 5.41) is 24.4. The largest absolute Gasteiger partial charge is 0.344 e. The van der Waals surface area contributed by atoms with Crippen molar-refractivity contribution in [3.63, 3.8) is 0 Å². The molecule has 5 heteroatoms. The van der Waals surface area contributed by atoms with Gasteiger partial charge in [-0.1, -0.05) is 0 Å². The molecule has 0 aliphatic carbocycles. The first kappa shape index (κ1) is 8.46. The lowest BCUT2D eigenvalue weighted by molar-refractivity contribution is -0.312. The average Bonchev–Trinajstić information content (AvgIpc) is 1.21. The maximum atomic E-state index is 8.13. The molecule has 0 aromatic carbocycles. The minimum atomic E-state index is -2.74. The zero-order valence-electron chi connectivity index (χ0n) is 3.88. The summed E-state index contributed by atoms with van der Waals surface area (Å²) in [6.07, 6.45) is -0.476. The van der Waals surface area contributed by atoms with Crippen molar-refractivity contribution >= 4 is 23.2 Å². The number of aliphatic hydroxyl groups is 3. The SMILES string of the molecule is OC(O)(O)CC(Cl)Cl. The van der Waals surface area contributed by atoms with E-state index >= 15 is 0 Å². The molecule has 0 saturated heterocycles. The first-order valence-corrected chi connectivity index (χ1v) is 2.74. The Labute approximate surface area is 56.5 Å². The topological polar surface area (TPSA) is 60.7 Å². The molecule has 0 fully saturated rings. The zero-order chi connectivity index (χ0) is 6.78. The van der Waals surface area contributed by atoms with E-state index in [0.717, 1.165) is 0 Å². The van der Waals surface area contributed by atoms with Gasteiger partial charge < -0.3 is 15.3 Å². The molecule has 50 valence electrons. The highest BCUT2D eigenvalue weighted by Gasteiger charge is 2.21. The minimum absolute atomic E-state index is 0.476. The lowest BCUT2D eigenvalue weighted by atomic mass is 10.4. The molecule has 0 heterocycles. The van der Waals surface area contributed by atoms with Crippen LogP contribution < -0.4 is 0 Å². The zero-order valence-corrected chi connectivity index (χ0v) is 5.39. The fourth-order valence-corrected chi connectivity index (χ4v) is 0.621. The van der Waals surface area contributed by atoms with Gasteiger partial charge in [0.25, 0.3) is 5.97 Å². The molecular weight excluding hydrogens is 155 g/mol.